The van der Waals surface area contributed by atoms with Crippen molar-refractivity contribution >= 4 is 11.2 Å². The van der Waals surface area contributed by atoms with Crippen LogP contribution in [0.3, 0.4) is 0 Å². The molecule has 0 aliphatic rings. The molecule has 0 radical (unpaired) electrons. The van der Waals surface area contributed by atoms with Gasteiger partial charge in [-0.2, -0.15) is 0 Å². The van der Waals surface area contributed by atoms with Crippen LogP contribution in [-0.2, 0) is 16.9 Å². The summed E-state index contributed by atoms with van der Waals surface area (Å²) in [7, 11) is 0. The van der Waals surface area contributed by atoms with E-state index in [0.29, 0.717) is 5.76 Å². The van der Waals surface area contributed by atoms with Crippen LogP contribution in [0.25, 0.3) is 0 Å². The molecule has 0 amide bonds. The molecule has 1 heterocycles. The Morgan fingerprint density at radius 3 is 2.47 bits per heavy atom. The summed E-state index contributed by atoms with van der Waals surface area (Å²) in [4.78, 5) is 11.5. The SMILES string of the molecule is Cc1ccc(C[S+]([O-])c2c(O)cc(C)oc2=O)cc1. The van der Waals surface area contributed by atoms with Gasteiger partial charge in [-0.15, -0.1) is 0 Å². The minimum atomic E-state index is -1.63. The molecule has 0 saturated carbocycles. The Morgan fingerprint density at radius 1 is 1.26 bits per heavy atom. The molecule has 2 rings (SSSR count). The van der Waals surface area contributed by atoms with E-state index in [1.807, 2.05) is 31.2 Å². The van der Waals surface area contributed by atoms with Crippen LogP contribution in [0.2, 0.25) is 0 Å². The first-order chi connectivity index (χ1) is 8.97. The third kappa shape index (κ3) is 3.19. The van der Waals surface area contributed by atoms with Gasteiger partial charge in [0.1, 0.15) is 11.5 Å². The lowest BCUT2D eigenvalue weighted by Gasteiger charge is -2.10. The lowest BCUT2D eigenvalue weighted by Crippen LogP contribution is -2.16. The maximum absolute atomic E-state index is 12.1. The molecule has 1 N–H and O–H groups in total. The second-order valence-electron chi connectivity index (χ2n) is 4.33. The summed E-state index contributed by atoms with van der Waals surface area (Å²) in [6.07, 6.45) is 0. The summed E-state index contributed by atoms with van der Waals surface area (Å²) in [6, 6.07) is 8.80. The largest absolute Gasteiger partial charge is 0.611 e. The molecule has 0 aliphatic carbocycles. The average molecular weight is 278 g/mol. The van der Waals surface area contributed by atoms with Crippen LogP contribution in [0.4, 0.5) is 0 Å². The van der Waals surface area contributed by atoms with E-state index < -0.39 is 16.8 Å². The van der Waals surface area contributed by atoms with Crippen LogP contribution in [0, 0.1) is 13.8 Å². The quantitative estimate of drug-likeness (QED) is 0.874. The smallest absolute Gasteiger partial charge is 0.395 e. The standard InChI is InChI=1S/C14H14O4S/c1-9-3-5-11(6-4-9)8-19(17)13-12(15)7-10(2)18-14(13)16/h3-7,15H,8H2,1-2H3. The zero-order valence-corrected chi connectivity index (χ0v) is 11.5. The van der Waals surface area contributed by atoms with Crippen molar-refractivity contribution in [3.8, 4) is 5.75 Å². The van der Waals surface area contributed by atoms with Gasteiger partial charge in [0.05, 0.1) is 0 Å². The van der Waals surface area contributed by atoms with Gasteiger partial charge in [0.2, 0.25) is 0 Å². The Labute approximate surface area is 113 Å². The van der Waals surface area contributed by atoms with Gasteiger partial charge in [-0.05, 0) is 13.8 Å². The first-order valence-electron chi connectivity index (χ1n) is 5.75. The molecule has 100 valence electrons. The molecule has 19 heavy (non-hydrogen) atoms. The van der Waals surface area contributed by atoms with E-state index in [-0.39, 0.29) is 16.4 Å². The molecule has 1 aromatic carbocycles. The molecular formula is C14H14O4S. The summed E-state index contributed by atoms with van der Waals surface area (Å²) in [5.74, 6) is 0.180. The Hall–Kier alpha value is -1.72. The minimum Gasteiger partial charge on any atom is -0.611 e. The van der Waals surface area contributed by atoms with Gasteiger partial charge >= 0.3 is 5.63 Å². The Kier molecular flexibility index (Phi) is 3.97. The van der Waals surface area contributed by atoms with Crippen molar-refractivity contribution in [1.82, 2.24) is 0 Å². The number of aromatic hydroxyl groups is 1. The van der Waals surface area contributed by atoms with Crippen molar-refractivity contribution in [1.29, 1.82) is 0 Å². The maximum atomic E-state index is 12.1. The van der Waals surface area contributed by atoms with Gasteiger partial charge < -0.3 is 14.1 Å². The van der Waals surface area contributed by atoms with E-state index >= 15 is 0 Å². The van der Waals surface area contributed by atoms with Crippen molar-refractivity contribution in [3.05, 3.63) is 57.6 Å². The molecule has 0 saturated heterocycles. The van der Waals surface area contributed by atoms with Crippen molar-refractivity contribution in [2.45, 2.75) is 24.5 Å². The van der Waals surface area contributed by atoms with Crippen LogP contribution in [0.1, 0.15) is 16.9 Å². The number of benzene rings is 1. The van der Waals surface area contributed by atoms with E-state index in [1.165, 1.54) is 6.07 Å². The molecule has 5 heteroatoms. The van der Waals surface area contributed by atoms with E-state index in [4.69, 9.17) is 4.42 Å². The predicted octanol–water partition coefficient (Wildman–Crippen LogP) is 2.27. The van der Waals surface area contributed by atoms with Crippen molar-refractivity contribution in [2.75, 3.05) is 0 Å². The van der Waals surface area contributed by atoms with Gasteiger partial charge in [-0.3, -0.25) is 0 Å². The van der Waals surface area contributed by atoms with E-state index in [1.54, 1.807) is 6.92 Å². The molecule has 2 aromatic rings. The van der Waals surface area contributed by atoms with Gasteiger partial charge in [-0.25, -0.2) is 4.79 Å². The summed E-state index contributed by atoms with van der Waals surface area (Å²) < 4.78 is 17.0. The summed E-state index contributed by atoms with van der Waals surface area (Å²) >= 11 is -1.63. The van der Waals surface area contributed by atoms with Gasteiger partial charge in [0.25, 0.3) is 4.90 Å². The lowest BCUT2D eigenvalue weighted by atomic mass is 10.2. The molecule has 1 unspecified atom stereocenters. The summed E-state index contributed by atoms with van der Waals surface area (Å²) in [5.41, 5.74) is 1.19. The second kappa shape index (κ2) is 5.50. The van der Waals surface area contributed by atoms with Crippen LogP contribution < -0.4 is 5.63 Å². The molecule has 1 atom stereocenters. The zero-order chi connectivity index (χ0) is 14.0. The summed E-state index contributed by atoms with van der Waals surface area (Å²) in [6.45, 7) is 3.51. The fraction of sp³-hybridized carbons (Fsp3) is 0.214. The topological polar surface area (TPSA) is 73.5 Å². The molecular weight excluding hydrogens is 264 g/mol. The lowest BCUT2D eigenvalue weighted by molar-refractivity contribution is 0.407. The van der Waals surface area contributed by atoms with Gasteiger partial charge in [0.15, 0.2) is 5.75 Å². The van der Waals surface area contributed by atoms with Crippen LogP contribution in [0.15, 0.2) is 44.4 Å². The fourth-order valence-corrected chi connectivity index (χ4v) is 2.86. The van der Waals surface area contributed by atoms with Crippen molar-refractivity contribution in [2.24, 2.45) is 0 Å². The van der Waals surface area contributed by atoms with Crippen molar-refractivity contribution < 1.29 is 14.1 Å². The normalized spacial score (nSPS) is 12.4. The molecule has 0 spiro atoms. The molecule has 0 fully saturated rings. The number of hydrogen-bond acceptors (Lipinski definition) is 4. The van der Waals surface area contributed by atoms with Crippen LogP contribution in [0.5, 0.6) is 5.75 Å². The fourth-order valence-electron chi connectivity index (χ4n) is 1.70. The highest BCUT2D eigenvalue weighted by atomic mass is 32.2. The minimum absolute atomic E-state index is 0.168. The molecule has 4 nitrogen and oxygen atoms in total. The first kappa shape index (κ1) is 13.7. The molecule has 0 bridgehead atoms. The van der Waals surface area contributed by atoms with Crippen LogP contribution in [-0.4, -0.2) is 9.66 Å². The molecule has 1 aromatic heterocycles. The average Bonchev–Trinajstić information content (AvgIpc) is 2.30. The highest BCUT2D eigenvalue weighted by Crippen LogP contribution is 2.23. The number of rotatable bonds is 3. The zero-order valence-electron chi connectivity index (χ0n) is 10.7. The highest BCUT2D eigenvalue weighted by Gasteiger charge is 2.23. The highest BCUT2D eigenvalue weighted by molar-refractivity contribution is 7.90. The van der Waals surface area contributed by atoms with E-state index in [2.05, 4.69) is 0 Å². The Balaban J connectivity index is 2.27. The number of aryl methyl sites for hydroxylation is 2. The van der Waals surface area contributed by atoms with Gasteiger partial charge in [-0.1, -0.05) is 29.8 Å². The van der Waals surface area contributed by atoms with E-state index in [9.17, 15) is 14.5 Å². The Bertz CT molecular complexity index is 631. The van der Waals surface area contributed by atoms with Crippen LogP contribution >= 0.6 is 0 Å². The second-order valence-corrected chi connectivity index (χ2v) is 5.72. The monoisotopic (exact) mass is 278 g/mol. The van der Waals surface area contributed by atoms with E-state index in [0.717, 1.165) is 11.1 Å². The summed E-state index contributed by atoms with van der Waals surface area (Å²) in [5, 5.41) is 9.71. The Morgan fingerprint density at radius 2 is 1.89 bits per heavy atom. The third-order valence-electron chi connectivity index (χ3n) is 2.66. The predicted molar refractivity (Wildman–Crippen MR) is 72.7 cm³/mol. The molecule has 0 aliphatic heterocycles. The maximum Gasteiger partial charge on any atom is 0.395 e. The van der Waals surface area contributed by atoms with Gasteiger partial charge in [0, 0.05) is 22.8 Å². The third-order valence-corrected chi connectivity index (χ3v) is 4.08. The number of hydrogen-bond donors (Lipinski definition) is 1. The van der Waals surface area contributed by atoms with Crippen molar-refractivity contribution in [3.63, 3.8) is 0 Å². The first-order valence-corrected chi connectivity index (χ1v) is 7.07.